The molecule has 0 atom stereocenters. The zero-order valence-electron chi connectivity index (χ0n) is 9.67. The molecular weight excluding hydrogens is 247 g/mol. The Labute approximate surface area is 107 Å². The van der Waals surface area contributed by atoms with Gasteiger partial charge >= 0.3 is 6.03 Å². The Kier molecular flexibility index (Phi) is 2.49. The number of fused-ring (bicyclic) bond motifs is 1. The minimum atomic E-state index is -0.722. The number of hydrogen-bond donors (Lipinski definition) is 1. The van der Waals surface area contributed by atoms with Crippen molar-refractivity contribution in [2.24, 2.45) is 5.73 Å². The van der Waals surface area contributed by atoms with Gasteiger partial charge in [-0.15, -0.1) is 0 Å². The summed E-state index contributed by atoms with van der Waals surface area (Å²) in [5, 5.41) is 4.09. The van der Waals surface area contributed by atoms with E-state index in [1.807, 2.05) is 0 Å². The van der Waals surface area contributed by atoms with E-state index in [9.17, 15) is 9.18 Å². The normalized spacial score (nSPS) is 10.8. The summed E-state index contributed by atoms with van der Waals surface area (Å²) in [5.41, 5.74) is 7.08. The molecule has 1 radical (unpaired) electrons. The van der Waals surface area contributed by atoms with E-state index in [0.29, 0.717) is 22.3 Å². The largest absolute Gasteiger partial charge is 0.350 e. The third kappa shape index (κ3) is 1.83. The number of amides is 1. The number of nitrogens with two attached hydrogens (primary N) is 1. The highest BCUT2D eigenvalue weighted by atomic mass is 19.1. The average molecular weight is 255 g/mol. The van der Waals surface area contributed by atoms with E-state index < -0.39 is 6.03 Å². The molecule has 0 saturated carbocycles. The third-order valence-corrected chi connectivity index (χ3v) is 2.69. The lowest BCUT2D eigenvalue weighted by Crippen LogP contribution is -2.20. The van der Waals surface area contributed by atoms with Crippen molar-refractivity contribution >= 4 is 17.1 Å². The maximum atomic E-state index is 13.3. The van der Waals surface area contributed by atoms with Gasteiger partial charge < -0.3 is 5.73 Å². The topological polar surface area (TPSA) is 73.8 Å². The smallest absolute Gasteiger partial charge is 0.340 e. The van der Waals surface area contributed by atoms with Crippen LogP contribution < -0.4 is 5.73 Å². The Morgan fingerprint density at radius 2 is 2.21 bits per heavy atom. The lowest BCUT2D eigenvalue weighted by Gasteiger charge is -1.96. The highest BCUT2D eigenvalue weighted by molar-refractivity contribution is 5.95. The van der Waals surface area contributed by atoms with Gasteiger partial charge in [0.1, 0.15) is 17.0 Å². The molecule has 1 amide bonds. The average Bonchev–Trinajstić information content (AvgIpc) is 2.78. The number of rotatable bonds is 1. The van der Waals surface area contributed by atoms with Crippen LogP contribution in [0.25, 0.3) is 22.3 Å². The van der Waals surface area contributed by atoms with Crippen LogP contribution in [0.3, 0.4) is 0 Å². The summed E-state index contributed by atoms with van der Waals surface area (Å²) in [6.07, 6.45) is 2.66. The van der Waals surface area contributed by atoms with Gasteiger partial charge in [-0.3, -0.25) is 0 Å². The molecule has 2 N–H and O–H groups in total. The van der Waals surface area contributed by atoms with Gasteiger partial charge in [-0.25, -0.2) is 14.2 Å². The van der Waals surface area contributed by atoms with Crippen LogP contribution in [0.4, 0.5) is 9.18 Å². The molecule has 3 rings (SSSR count). The summed E-state index contributed by atoms with van der Waals surface area (Å²) in [6, 6.07) is 8.36. The first-order chi connectivity index (χ1) is 9.16. The predicted molar refractivity (Wildman–Crippen MR) is 66.7 cm³/mol. The van der Waals surface area contributed by atoms with Crippen LogP contribution in [-0.2, 0) is 0 Å². The molecule has 19 heavy (non-hydrogen) atoms. The zero-order chi connectivity index (χ0) is 13.4. The van der Waals surface area contributed by atoms with Crippen molar-refractivity contribution in [1.82, 2.24) is 14.8 Å². The zero-order valence-corrected chi connectivity index (χ0v) is 9.67. The van der Waals surface area contributed by atoms with Crippen molar-refractivity contribution in [1.29, 1.82) is 0 Å². The van der Waals surface area contributed by atoms with E-state index in [2.05, 4.69) is 16.3 Å². The Morgan fingerprint density at radius 1 is 1.37 bits per heavy atom. The van der Waals surface area contributed by atoms with Crippen LogP contribution in [0, 0.1) is 12.0 Å². The standard InChI is InChI=1S/C13H8FN4O/c14-9-4-1-3-8(7-9)11-12-10(5-2-6-16-12)18(17-11)13(15)19/h1-5,7H,(H2,15,19). The number of halogens is 1. The van der Waals surface area contributed by atoms with Crippen LogP contribution in [0.5, 0.6) is 0 Å². The number of benzene rings is 1. The second-order valence-corrected chi connectivity index (χ2v) is 3.92. The molecule has 6 heteroatoms. The minimum Gasteiger partial charge on any atom is -0.350 e. The summed E-state index contributed by atoms with van der Waals surface area (Å²) in [7, 11) is 0. The second-order valence-electron chi connectivity index (χ2n) is 3.92. The summed E-state index contributed by atoms with van der Waals surface area (Å²) >= 11 is 0. The summed E-state index contributed by atoms with van der Waals surface area (Å²) in [5.74, 6) is -0.390. The molecule has 2 aromatic heterocycles. The third-order valence-electron chi connectivity index (χ3n) is 2.69. The second kappa shape index (κ2) is 4.16. The van der Waals surface area contributed by atoms with Crippen LogP contribution in [0.1, 0.15) is 0 Å². The molecule has 0 spiro atoms. The van der Waals surface area contributed by atoms with Gasteiger partial charge in [0.2, 0.25) is 0 Å². The highest BCUT2D eigenvalue weighted by Gasteiger charge is 2.16. The molecule has 5 nitrogen and oxygen atoms in total. The number of pyridine rings is 1. The van der Waals surface area contributed by atoms with Crippen LogP contribution in [0.15, 0.2) is 36.4 Å². The van der Waals surface area contributed by atoms with Gasteiger partial charge in [0.25, 0.3) is 0 Å². The van der Waals surface area contributed by atoms with E-state index in [0.717, 1.165) is 4.68 Å². The van der Waals surface area contributed by atoms with Crippen LogP contribution in [0.2, 0.25) is 0 Å². The lowest BCUT2D eigenvalue weighted by molar-refractivity contribution is 0.248. The maximum Gasteiger partial charge on any atom is 0.340 e. The first kappa shape index (κ1) is 11.3. The molecule has 3 aromatic rings. The molecule has 93 valence electrons. The van der Waals surface area contributed by atoms with E-state index in [1.165, 1.54) is 12.1 Å². The quantitative estimate of drug-likeness (QED) is 0.722. The van der Waals surface area contributed by atoms with Gasteiger partial charge in [0.05, 0.1) is 11.7 Å². The van der Waals surface area contributed by atoms with Crippen molar-refractivity contribution in [3.63, 3.8) is 0 Å². The fourth-order valence-corrected chi connectivity index (χ4v) is 1.90. The van der Waals surface area contributed by atoms with Crippen molar-refractivity contribution < 1.29 is 9.18 Å². The predicted octanol–water partition coefficient (Wildman–Crippen LogP) is 1.96. The number of carbonyl (C=O) groups is 1. The molecule has 1 aromatic carbocycles. The van der Waals surface area contributed by atoms with E-state index in [1.54, 1.807) is 24.3 Å². The van der Waals surface area contributed by atoms with E-state index in [4.69, 9.17) is 5.73 Å². The summed E-state index contributed by atoms with van der Waals surface area (Å²) < 4.78 is 14.3. The van der Waals surface area contributed by atoms with Gasteiger partial charge in [0, 0.05) is 5.56 Å². The SMILES string of the molecule is NC(=O)n1nc(-c2cccc(F)c2)c2n[c]ccc21. The number of primary amides is 1. The number of carbonyl (C=O) groups excluding carboxylic acids is 1. The number of aromatic nitrogens is 3. The summed E-state index contributed by atoms with van der Waals surface area (Å²) in [4.78, 5) is 15.4. The fourth-order valence-electron chi connectivity index (χ4n) is 1.90. The highest BCUT2D eigenvalue weighted by Crippen LogP contribution is 2.26. The molecule has 0 aliphatic rings. The maximum absolute atomic E-state index is 13.3. The van der Waals surface area contributed by atoms with Crippen LogP contribution in [-0.4, -0.2) is 20.8 Å². The molecule has 2 heterocycles. The molecule has 0 saturated heterocycles. The van der Waals surface area contributed by atoms with Gasteiger partial charge in [-0.1, -0.05) is 12.1 Å². The number of hydrogen-bond acceptors (Lipinski definition) is 3. The molecule has 0 unspecified atom stereocenters. The fraction of sp³-hybridized carbons (Fsp3) is 0. The molecule has 0 aliphatic carbocycles. The minimum absolute atomic E-state index is 0.390. The van der Waals surface area contributed by atoms with Crippen LogP contribution >= 0.6 is 0 Å². The Balaban J connectivity index is 2.33. The lowest BCUT2D eigenvalue weighted by atomic mass is 10.1. The van der Waals surface area contributed by atoms with E-state index in [-0.39, 0.29) is 5.82 Å². The molecule has 0 fully saturated rings. The van der Waals surface area contributed by atoms with Crippen molar-refractivity contribution in [2.75, 3.05) is 0 Å². The Hall–Kier alpha value is -2.76. The van der Waals surface area contributed by atoms with Crippen molar-refractivity contribution in [3.8, 4) is 11.3 Å². The monoisotopic (exact) mass is 255 g/mol. The molecule has 0 aliphatic heterocycles. The van der Waals surface area contributed by atoms with E-state index >= 15 is 0 Å². The van der Waals surface area contributed by atoms with Gasteiger partial charge in [0.15, 0.2) is 0 Å². The Morgan fingerprint density at radius 3 is 2.95 bits per heavy atom. The van der Waals surface area contributed by atoms with Gasteiger partial charge in [-0.05, 0) is 24.3 Å². The van der Waals surface area contributed by atoms with Gasteiger partial charge in [-0.2, -0.15) is 9.78 Å². The first-order valence-corrected chi connectivity index (χ1v) is 5.48. The molecule has 0 bridgehead atoms. The van der Waals surface area contributed by atoms with Crippen molar-refractivity contribution in [2.45, 2.75) is 0 Å². The number of nitrogens with zero attached hydrogens (tertiary/aromatic N) is 3. The Bertz CT molecular complexity index is 781. The summed E-state index contributed by atoms with van der Waals surface area (Å²) in [6.45, 7) is 0. The first-order valence-electron chi connectivity index (χ1n) is 5.48. The van der Waals surface area contributed by atoms with Crippen molar-refractivity contribution in [3.05, 3.63) is 48.4 Å². The molecular formula is C13H8FN4O.